The smallest absolute Gasteiger partial charge is 0.192 e. The largest absolute Gasteiger partial charge is 0.413 e. The summed E-state index contributed by atoms with van der Waals surface area (Å²) < 4.78 is 14.1. The van der Waals surface area contributed by atoms with Crippen LogP contribution in [0.2, 0.25) is 36.3 Å². The first-order chi connectivity index (χ1) is 18.7. The highest BCUT2D eigenvalue weighted by Gasteiger charge is 2.50. The minimum Gasteiger partial charge on any atom is -0.413 e. The number of hydrogen-bond acceptors (Lipinski definition) is 3. The van der Waals surface area contributed by atoms with Gasteiger partial charge in [-0.05, 0) is 122 Å². The summed E-state index contributed by atoms with van der Waals surface area (Å²) in [6.45, 7) is 33.5. The van der Waals surface area contributed by atoms with E-state index in [1.54, 1.807) is 5.57 Å². The summed E-state index contributed by atoms with van der Waals surface area (Å²) in [4.78, 5) is 0. The zero-order valence-corrected chi connectivity index (χ0v) is 31.1. The maximum absolute atomic E-state index is 9.42. The number of hydrogen-bond donors (Lipinski definition) is 1. The Bertz CT molecular complexity index is 980. The molecule has 0 bridgehead atoms. The molecule has 0 aromatic rings. The van der Waals surface area contributed by atoms with Crippen LogP contribution in [0.15, 0.2) is 35.5 Å². The van der Waals surface area contributed by atoms with Crippen molar-refractivity contribution in [2.45, 2.75) is 162 Å². The Kier molecular flexibility index (Phi) is 11.0. The molecule has 236 valence electrons. The molecule has 3 aliphatic carbocycles. The molecule has 0 amide bonds. The molecule has 3 saturated carbocycles. The summed E-state index contributed by atoms with van der Waals surface area (Å²) in [6, 6.07) is 0. The fourth-order valence-electron chi connectivity index (χ4n) is 7.59. The lowest BCUT2D eigenvalue weighted by Crippen LogP contribution is -2.49. The summed E-state index contributed by atoms with van der Waals surface area (Å²) >= 11 is 0. The average Bonchev–Trinajstić information content (AvgIpc) is 3.19. The highest BCUT2D eigenvalue weighted by molar-refractivity contribution is 6.74. The Morgan fingerprint density at radius 1 is 1.00 bits per heavy atom. The van der Waals surface area contributed by atoms with E-state index in [1.807, 2.05) is 0 Å². The lowest BCUT2D eigenvalue weighted by molar-refractivity contribution is 0.0908. The summed E-state index contributed by atoms with van der Waals surface area (Å²) in [6.07, 6.45) is 15.6. The van der Waals surface area contributed by atoms with E-state index in [-0.39, 0.29) is 22.3 Å². The lowest BCUT2D eigenvalue weighted by atomic mass is 9.60. The van der Waals surface area contributed by atoms with Gasteiger partial charge in [-0.3, -0.25) is 0 Å². The van der Waals surface area contributed by atoms with E-state index in [0.717, 1.165) is 31.6 Å². The quantitative estimate of drug-likeness (QED) is 0.267. The van der Waals surface area contributed by atoms with Crippen molar-refractivity contribution in [1.29, 1.82) is 0 Å². The molecule has 41 heavy (non-hydrogen) atoms. The Balaban J connectivity index is 1.90. The van der Waals surface area contributed by atoms with Gasteiger partial charge in [0, 0.05) is 13.0 Å². The number of aliphatic hydroxyl groups excluding tert-OH is 1. The monoisotopic (exact) mass is 602 g/mol. The maximum Gasteiger partial charge on any atom is 0.192 e. The van der Waals surface area contributed by atoms with Crippen molar-refractivity contribution in [3.8, 4) is 0 Å². The highest BCUT2D eigenvalue weighted by Crippen LogP contribution is 2.60. The van der Waals surface area contributed by atoms with Crippen LogP contribution in [0.25, 0.3) is 0 Å². The maximum atomic E-state index is 9.42. The molecular weight excluding hydrogens is 537 g/mol. The van der Waals surface area contributed by atoms with Crippen molar-refractivity contribution in [2.75, 3.05) is 6.61 Å². The summed E-state index contributed by atoms with van der Waals surface area (Å²) in [5, 5.41) is 9.76. The van der Waals surface area contributed by atoms with Crippen molar-refractivity contribution < 1.29 is 14.0 Å². The van der Waals surface area contributed by atoms with Gasteiger partial charge in [-0.1, -0.05) is 79.7 Å². The van der Waals surface area contributed by atoms with E-state index in [4.69, 9.17) is 8.85 Å². The number of fused-ring (bicyclic) bond motifs is 1. The second kappa shape index (κ2) is 12.9. The molecule has 0 spiro atoms. The fourth-order valence-corrected chi connectivity index (χ4v) is 10.3. The molecule has 0 aromatic carbocycles. The third kappa shape index (κ3) is 7.79. The van der Waals surface area contributed by atoms with Crippen LogP contribution in [-0.2, 0) is 8.85 Å². The van der Waals surface area contributed by atoms with Crippen LogP contribution >= 0.6 is 0 Å². The van der Waals surface area contributed by atoms with Crippen LogP contribution in [0.3, 0.4) is 0 Å². The van der Waals surface area contributed by atoms with Gasteiger partial charge in [0.25, 0.3) is 0 Å². The molecule has 3 nitrogen and oxygen atoms in total. The van der Waals surface area contributed by atoms with Crippen molar-refractivity contribution in [3.63, 3.8) is 0 Å². The van der Waals surface area contributed by atoms with E-state index >= 15 is 0 Å². The molecule has 0 saturated heterocycles. The molecule has 3 fully saturated rings. The third-order valence-corrected chi connectivity index (χ3v) is 21.3. The Morgan fingerprint density at radius 2 is 1.61 bits per heavy atom. The second-order valence-corrected chi connectivity index (χ2v) is 26.7. The van der Waals surface area contributed by atoms with Crippen molar-refractivity contribution in [3.05, 3.63) is 35.5 Å². The fraction of sp³-hybridized carbons (Fsp3) is 0.833. The van der Waals surface area contributed by atoms with E-state index < -0.39 is 16.6 Å². The molecule has 3 rings (SSSR count). The van der Waals surface area contributed by atoms with Gasteiger partial charge in [-0.15, -0.1) is 0 Å². The van der Waals surface area contributed by atoms with Crippen LogP contribution in [0, 0.1) is 23.2 Å². The van der Waals surface area contributed by atoms with Crippen molar-refractivity contribution in [1.82, 2.24) is 0 Å². The first-order valence-electron chi connectivity index (χ1n) is 16.8. The van der Waals surface area contributed by atoms with Gasteiger partial charge >= 0.3 is 0 Å². The zero-order chi connectivity index (χ0) is 31.0. The van der Waals surface area contributed by atoms with Gasteiger partial charge in [-0.2, -0.15) is 0 Å². The molecule has 6 atom stereocenters. The molecule has 0 radical (unpaired) electrons. The SMILES string of the molecule is C=C1/C(=C\C=C2/CCC[C@@]3(C)C2CCC3[C@H](C)CCCO)C[C@@H](O[Si](C)(C)C(C)(C)C)C[C@@H]1O[Si](C)(C)C(C)(C)C. The minimum atomic E-state index is -1.96. The Labute approximate surface area is 256 Å². The topological polar surface area (TPSA) is 38.7 Å². The number of allylic oxidation sites excluding steroid dienone is 3. The predicted molar refractivity (Wildman–Crippen MR) is 182 cm³/mol. The van der Waals surface area contributed by atoms with E-state index in [9.17, 15) is 5.11 Å². The van der Waals surface area contributed by atoms with E-state index in [0.29, 0.717) is 23.9 Å². The molecule has 0 aromatic heterocycles. The van der Waals surface area contributed by atoms with Gasteiger partial charge in [0.05, 0.1) is 12.2 Å². The van der Waals surface area contributed by atoms with Gasteiger partial charge in [0.15, 0.2) is 16.6 Å². The van der Waals surface area contributed by atoms with Crippen LogP contribution in [0.4, 0.5) is 0 Å². The summed E-state index contributed by atoms with van der Waals surface area (Å²) in [5.41, 5.74) is 4.57. The second-order valence-electron chi connectivity index (χ2n) is 17.2. The van der Waals surface area contributed by atoms with Gasteiger partial charge in [-0.25, -0.2) is 0 Å². The summed E-state index contributed by atoms with van der Waals surface area (Å²) in [5.74, 6) is 2.14. The highest BCUT2D eigenvalue weighted by atomic mass is 28.4. The molecule has 0 aliphatic heterocycles. The van der Waals surface area contributed by atoms with Crippen molar-refractivity contribution >= 4 is 16.6 Å². The van der Waals surface area contributed by atoms with Gasteiger partial charge in [0.2, 0.25) is 0 Å². The molecule has 3 aliphatic rings. The molecular formula is C36H66O3Si2. The zero-order valence-electron chi connectivity index (χ0n) is 29.1. The third-order valence-electron chi connectivity index (χ3n) is 12.3. The molecule has 0 heterocycles. The van der Waals surface area contributed by atoms with E-state index in [2.05, 4.69) is 100 Å². The van der Waals surface area contributed by atoms with Crippen LogP contribution < -0.4 is 0 Å². The number of rotatable bonds is 9. The van der Waals surface area contributed by atoms with Crippen LogP contribution in [0.1, 0.15) is 113 Å². The van der Waals surface area contributed by atoms with Crippen LogP contribution in [-0.4, -0.2) is 40.6 Å². The first kappa shape index (κ1) is 35.0. The predicted octanol–water partition coefficient (Wildman–Crippen LogP) is 10.6. The number of aliphatic hydroxyl groups is 1. The molecule has 1 N–H and O–H groups in total. The minimum absolute atomic E-state index is 0.0314. The normalized spacial score (nSPS) is 33.0. The Morgan fingerprint density at radius 3 is 2.20 bits per heavy atom. The summed E-state index contributed by atoms with van der Waals surface area (Å²) in [7, 11) is -3.88. The standard InChI is InChI=1S/C36H66O3Si2/c1-26(16-15-23-37)31-20-21-32-28(17-14-22-36(31,32)9)18-19-29-24-30(38-40(10,11)34(3,4)5)25-33(27(29)2)39-41(12,13)35(6,7)8/h18-19,26,30-33,37H,2,14-17,20-25H2,1,3-13H3/b28-18+,29-19-/t26-,30-,31?,32?,33+,36-/m1/s1. The van der Waals surface area contributed by atoms with Gasteiger partial charge < -0.3 is 14.0 Å². The lowest BCUT2D eigenvalue weighted by Gasteiger charge is -2.46. The van der Waals surface area contributed by atoms with Crippen LogP contribution in [0.5, 0.6) is 0 Å². The van der Waals surface area contributed by atoms with E-state index in [1.165, 1.54) is 43.3 Å². The first-order valence-corrected chi connectivity index (χ1v) is 22.6. The molecule has 2 unspecified atom stereocenters. The molecule has 5 heteroatoms. The van der Waals surface area contributed by atoms with Gasteiger partial charge in [0.1, 0.15) is 0 Å². The average molecular weight is 603 g/mol. The van der Waals surface area contributed by atoms with Crippen molar-refractivity contribution in [2.24, 2.45) is 23.2 Å². The Hall–Kier alpha value is -0.466.